The Balaban J connectivity index is 1.48. The molecule has 2 fully saturated rings. The van der Waals surface area contributed by atoms with Gasteiger partial charge in [-0.3, -0.25) is 0 Å². The van der Waals surface area contributed by atoms with Crippen molar-refractivity contribution in [2.75, 3.05) is 43.6 Å². The third kappa shape index (κ3) is 3.69. The molecule has 9 nitrogen and oxygen atoms in total. The van der Waals surface area contributed by atoms with E-state index < -0.39 is 11.8 Å². The van der Waals surface area contributed by atoms with Gasteiger partial charge in [0, 0.05) is 25.9 Å². The molecule has 142 valence electrons. The summed E-state index contributed by atoms with van der Waals surface area (Å²) in [6, 6.07) is 7.03. The largest absolute Gasteiger partial charge is 0.465 e. The molecule has 0 aliphatic carbocycles. The fourth-order valence-electron chi connectivity index (χ4n) is 3.36. The van der Waals surface area contributed by atoms with Crippen LogP contribution in [0.3, 0.4) is 0 Å². The first kappa shape index (κ1) is 17.6. The first-order valence-electron chi connectivity index (χ1n) is 8.86. The monoisotopic (exact) mass is 371 g/mol. The summed E-state index contributed by atoms with van der Waals surface area (Å²) in [7, 11) is 1.35. The van der Waals surface area contributed by atoms with Crippen molar-refractivity contribution in [2.45, 2.75) is 18.6 Å². The number of para-hydroxylation sites is 1. The van der Waals surface area contributed by atoms with E-state index in [0.717, 1.165) is 31.7 Å². The number of rotatable bonds is 4. The predicted octanol–water partition coefficient (Wildman–Crippen LogP) is 1.75. The van der Waals surface area contributed by atoms with Crippen LogP contribution in [0.1, 0.15) is 23.2 Å². The van der Waals surface area contributed by atoms with Crippen LogP contribution >= 0.6 is 0 Å². The van der Waals surface area contributed by atoms with Gasteiger partial charge in [-0.25, -0.2) is 4.79 Å². The van der Waals surface area contributed by atoms with Crippen molar-refractivity contribution < 1.29 is 19.0 Å². The summed E-state index contributed by atoms with van der Waals surface area (Å²) in [5.74, 6) is 0.172. The van der Waals surface area contributed by atoms with E-state index in [0.29, 0.717) is 30.4 Å². The predicted molar refractivity (Wildman–Crippen MR) is 97.0 cm³/mol. The first-order valence-corrected chi connectivity index (χ1v) is 8.86. The Morgan fingerprint density at radius 3 is 2.70 bits per heavy atom. The maximum Gasteiger partial charge on any atom is 0.339 e. The molecule has 0 saturated carbocycles. The normalized spacial score (nSPS) is 18.5. The zero-order valence-electron chi connectivity index (χ0n) is 15.1. The van der Waals surface area contributed by atoms with Gasteiger partial charge in [0.15, 0.2) is 11.6 Å². The second-order valence-electron chi connectivity index (χ2n) is 6.39. The topological polar surface area (TPSA) is 98.7 Å². The zero-order valence-corrected chi connectivity index (χ0v) is 15.1. The first-order chi connectivity index (χ1) is 13.2. The van der Waals surface area contributed by atoms with E-state index in [-0.39, 0.29) is 0 Å². The second-order valence-corrected chi connectivity index (χ2v) is 6.39. The number of piperidine rings is 1. The summed E-state index contributed by atoms with van der Waals surface area (Å²) in [4.78, 5) is 18.6. The zero-order chi connectivity index (χ0) is 18.7. The average Bonchev–Trinajstić information content (AvgIpc) is 3.16. The Morgan fingerprint density at radius 2 is 1.96 bits per heavy atom. The molecule has 4 rings (SSSR count). The van der Waals surface area contributed by atoms with Crippen LogP contribution < -0.4 is 10.2 Å². The van der Waals surface area contributed by atoms with Crippen LogP contribution in [0.2, 0.25) is 0 Å². The minimum absolute atomic E-state index is 0.317. The van der Waals surface area contributed by atoms with Gasteiger partial charge in [-0.05, 0) is 12.1 Å². The number of carbonyl (C=O) groups is 1. The number of nitrogens with one attached hydrogen (secondary N) is 1. The van der Waals surface area contributed by atoms with Crippen molar-refractivity contribution in [1.82, 2.24) is 15.2 Å². The number of esters is 1. The Labute approximate surface area is 156 Å². The molecular weight excluding hydrogens is 350 g/mol. The van der Waals surface area contributed by atoms with Gasteiger partial charge in [0.2, 0.25) is 5.95 Å². The fraction of sp³-hybridized carbons (Fsp3) is 0.444. The van der Waals surface area contributed by atoms with Crippen LogP contribution in [0.5, 0.6) is 0 Å². The van der Waals surface area contributed by atoms with E-state index in [1.54, 1.807) is 24.4 Å². The highest BCUT2D eigenvalue weighted by atomic mass is 16.7. The third-order valence-electron chi connectivity index (χ3n) is 4.79. The van der Waals surface area contributed by atoms with Gasteiger partial charge in [0.05, 0.1) is 37.8 Å². The number of hydrogen-bond acceptors (Lipinski definition) is 9. The minimum Gasteiger partial charge on any atom is -0.465 e. The standard InChI is InChI=1S/C18H21N5O4/c1-25-16(24)13-4-2-3-5-14(13)20-17-21-15(12-19-22-17)23-8-6-18(7-9-23)26-10-11-27-18/h2-5,12H,6-11H2,1H3,(H,20,21,22). The smallest absolute Gasteiger partial charge is 0.339 e. The third-order valence-corrected chi connectivity index (χ3v) is 4.79. The molecule has 2 aromatic rings. The van der Waals surface area contributed by atoms with Crippen molar-refractivity contribution in [3.63, 3.8) is 0 Å². The van der Waals surface area contributed by atoms with Gasteiger partial charge >= 0.3 is 5.97 Å². The number of carbonyl (C=O) groups excluding carboxylic acids is 1. The van der Waals surface area contributed by atoms with E-state index >= 15 is 0 Å². The lowest BCUT2D eigenvalue weighted by molar-refractivity contribution is -0.169. The van der Waals surface area contributed by atoms with Crippen LogP contribution in [0.4, 0.5) is 17.5 Å². The van der Waals surface area contributed by atoms with Gasteiger partial charge in [0.1, 0.15) is 0 Å². The fourth-order valence-corrected chi connectivity index (χ4v) is 3.36. The van der Waals surface area contributed by atoms with E-state index in [4.69, 9.17) is 14.2 Å². The highest BCUT2D eigenvalue weighted by Gasteiger charge is 2.40. The van der Waals surface area contributed by atoms with Crippen molar-refractivity contribution in [1.29, 1.82) is 0 Å². The summed E-state index contributed by atoms with van der Waals surface area (Å²) in [6.07, 6.45) is 3.20. The van der Waals surface area contributed by atoms with Crippen molar-refractivity contribution in [3.05, 3.63) is 36.0 Å². The van der Waals surface area contributed by atoms with Crippen molar-refractivity contribution in [3.8, 4) is 0 Å². The quantitative estimate of drug-likeness (QED) is 0.806. The summed E-state index contributed by atoms with van der Waals surface area (Å²) in [6.45, 7) is 2.83. The number of hydrogen-bond donors (Lipinski definition) is 1. The highest BCUT2D eigenvalue weighted by Crippen LogP contribution is 2.32. The van der Waals surface area contributed by atoms with E-state index in [2.05, 4.69) is 25.4 Å². The Morgan fingerprint density at radius 1 is 1.22 bits per heavy atom. The Bertz CT molecular complexity index is 815. The number of aromatic nitrogens is 3. The van der Waals surface area contributed by atoms with Gasteiger partial charge in [0.25, 0.3) is 0 Å². The number of anilines is 3. The van der Waals surface area contributed by atoms with Crippen molar-refractivity contribution >= 4 is 23.4 Å². The summed E-state index contributed by atoms with van der Waals surface area (Å²) in [5, 5.41) is 11.1. The van der Waals surface area contributed by atoms with Gasteiger partial charge in [-0.2, -0.15) is 10.1 Å². The molecule has 0 amide bonds. The maximum atomic E-state index is 11.9. The summed E-state index contributed by atoms with van der Waals surface area (Å²) < 4.78 is 16.3. The molecule has 0 radical (unpaired) electrons. The molecule has 2 saturated heterocycles. The molecular formula is C18H21N5O4. The number of methoxy groups -OCH3 is 1. The molecule has 0 atom stereocenters. The molecule has 0 unspecified atom stereocenters. The lowest BCUT2D eigenvalue weighted by atomic mass is 10.0. The summed E-state index contributed by atoms with van der Waals surface area (Å²) >= 11 is 0. The molecule has 3 heterocycles. The SMILES string of the molecule is COC(=O)c1ccccc1Nc1nncc(N2CCC3(CC2)OCCO3)n1. The van der Waals surface area contributed by atoms with Gasteiger partial charge in [-0.15, -0.1) is 5.10 Å². The number of ether oxygens (including phenoxy) is 3. The van der Waals surface area contributed by atoms with E-state index in [1.807, 2.05) is 6.07 Å². The van der Waals surface area contributed by atoms with E-state index in [9.17, 15) is 4.79 Å². The van der Waals surface area contributed by atoms with Crippen LogP contribution in [0.25, 0.3) is 0 Å². The van der Waals surface area contributed by atoms with Gasteiger partial charge in [-0.1, -0.05) is 12.1 Å². The van der Waals surface area contributed by atoms with Crippen LogP contribution in [0, 0.1) is 0 Å². The molecule has 1 aromatic carbocycles. The van der Waals surface area contributed by atoms with Gasteiger partial charge < -0.3 is 24.4 Å². The second kappa shape index (κ2) is 7.45. The lowest BCUT2D eigenvalue weighted by Gasteiger charge is -2.37. The highest BCUT2D eigenvalue weighted by molar-refractivity contribution is 5.96. The van der Waals surface area contributed by atoms with Crippen LogP contribution in [0.15, 0.2) is 30.5 Å². The van der Waals surface area contributed by atoms with Crippen LogP contribution in [-0.2, 0) is 14.2 Å². The number of nitrogens with zero attached hydrogens (tertiary/aromatic N) is 4. The molecule has 1 N–H and O–H groups in total. The van der Waals surface area contributed by atoms with Crippen LogP contribution in [-0.4, -0.2) is 60.4 Å². The minimum atomic E-state index is -0.433. The summed E-state index contributed by atoms with van der Waals surface area (Å²) in [5.41, 5.74) is 0.970. The molecule has 2 aliphatic rings. The van der Waals surface area contributed by atoms with E-state index in [1.165, 1.54) is 7.11 Å². The molecule has 9 heteroatoms. The average molecular weight is 371 g/mol. The maximum absolute atomic E-state index is 11.9. The molecule has 2 aliphatic heterocycles. The Kier molecular flexibility index (Phi) is 4.87. The van der Waals surface area contributed by atoms with Crippen molar-refractivity contribution in [2.24, 2.45) is 0 Å². The molecule has 1 aromatic heterocycles. The molecule has 0 bridgehead atoms. The number of benzene rings is 1. The Hall–Kier alpha value is -2.78. The molecule has 1 spiro atoms. The lowest BCUT2D eigenvalue weighted by Crippen LogP contribution is -2.45. The molecule has 27 heavy (non-hydrogen) atoms.